The first-order valence-electron chi connectivity index (χ1n) is 11.4. The third-order valence-electron chi connectivity index (χ3n) is 6.39. The second kappa shape index (κ2) is 10.4. The molecule has 8 heteroatoms. The van der Waals surface area contributed by atoms with E-state index in [2.05, 4.69) is 4.90 Å². The van der Waals surface area contributed by atoms with Crippen LogP contribution in [0.15, 0.2) is 48.0 Å². The molecule has 1 N–H and O–H groups in total. The summed E-state index contributed by atoms with van der Waals surface area (Å²) in [6, 6.07) is 9.99. The van der Waals surface area contributed by atoms with Crippen molar-refractivity contribution in [3.8, 4) is 5.75 Å². The normalized spacial score (nSPS) is 20.7. The van der Waals surface area contributed by atoms with Crippen molar-refractivity contribution >= 4 is 17.4 Å². The molecule has 2 aromatic carbocycles. The molecule has 2 fully saturated rings. The highest BCUT2D eigenvalue weighted by Gasteiger charge is 2.46. The molecule has 2 aliphatic heterocycles. The zero-order valence-electron chi connectivity index (χ0n) is 19.4. The van der Waals surface area contributed by atoms with Crippen LogP contribution < -0.4 is 4.74 Å². The Kier molecular flexibility index (Phi) is 7.29. The van der Waals surface area contributed by atoms with Gasteiger partial charge >= 0.3 is 0 Å². The van der Waals surface area contributed by atoms with Gasteiger partial charge < -0.3 is 19.5 Å². The van der Waals surface area contributed by atoms with Crippen LogP contribution in [-0.2, 0) is 14.3 Å². The first-order chi connectivity index (χ1) is 16.4. The van der Waals surface area contributed by atoms with E-state index in [0.29, 0.717) is 48.6 Å². The minimum absolute atomic E-state index is 0.0104. The number of nitrogens with zero attached hydrogens (tertiary/aromatic N) is 2. The zero-order valence-corrected chi connectivity index (χ0v) is 19.4. The first-order valence-corrected chi connectivity index (χ1v) is 11.4. The average Bonchev–Trinajstić information content (AvgIpc) is 3.09. The quantitative estimate of drug-likeness (QED) is 0.382. The third kappa shape index (κ3) is 4.83. The van der Waals surface area contributed by atoms with Gasteiger partial charge in [-0.1, -0.05) is 12.1 Å². The fourth-order valence-corrected chi connectivity index (χ4v) is 4.57. The Bertz CT molecular complexity index is 1090. The molecule has 34 heavy (non-hydrogen) atoms. The van der Waals surface area contributed by atoms with Crippen molar-refractivity contribution in [2.45, 2.75) is 19.4 Å². The van der Waals surface area contributed by atoms with E-state index >= 15 is 0 Å². The van der Waals surface area contributed by atoms with Gasteiger partial charge in [0.1, 0.15) is 17.3 Å². The number of hydrogen-bond donors (Lipinski definition) is 1. The van der Waals surface area contributed by atoms with Gasteiger partial charge in [0, 0.05) is 31.7 Å². The van der Waals surface area contributed by atoms with Gasteiger partial charge in [-0.15, -0.1) is 0 Å². The SMILES string of the molecule is COc1ccc(C(O)=C2C(=O)C(=O)N(CCCN3CCOCC3)[C@H]2c2ccc(F)cc2)c(C)c1. The zero-order chi connectivity index (χ0) is 24.2. The second-order valence-electron chi connectivity index (χ2n) is 8.53. The molecule has 2 aliphatic rings. The summed E-state index contributed by atoms with van der Waals surface area (Å²) in [5, 5.41) is 11.2. The number of benzene rings is 2. The van der Waals surface area contributed by atoms with E-state index in [4.69, 9.17) is 9.47 Å². The number of carbonyl (C=O) groups excluding carboxylic acids is 2. The molecule has 0 spiro atoms. The first kappa shape index (κ1) is 23.9. The van der Waals surface area contributed by atoms with Crippen LogP contribution >= 0.6 is 0 Å². The minimum Gasteiger partial charge on any atom is -0.507 e. The van der Waals surface area contributed by atoms with Gasteiger partial charge in [0.25, 0.3) is 11.7 Å². The molecule has 0 saturated carbocycles. The number of hydrogen-bond acceptors (Lipinski definition) is 6. The number of aliphatic hydroxyl groups is 1. The van der Waals surface area contributed by atoms with Gasteiger partial charge in [0.2, 0.25) is 0 Å². The highest BCUT2D eigenvalue weighted by atomic mass is 19.1. The smallest absolute Gasteiger partial charge is 0.295 e. The summed E-state index contributed by atoms with van der Waals surface area (Å²) < 4.78 is 24.3. The highest BCUT2D eigenvalue weighted by molar-refractivity contribution is 6.46. The number of halogens is 1. The molecule has 0 aromatic heterocycles. The number of Topliss-reactive ketones (excluding diaryl/α,β-unsaturated/α-hetero) is 1. The Hall–Kier alpha value is -3.23. The summed E-state index contributed by atoms with van der Waals surface area (Å²) in [4.78, 5) is 30.0. The molecule has 2 saturated heterocycles. The average molecular weight is 469 g/mol. The number of ether oxygens (including phenoxy) is 2. The largest absolute Gasteiger partial charge is 0.507 e. The molecule has 0 unspecified atom stereocenters. The van der Waals surface area contributed by atoms with Crippen LogP contribution in [0, 0.1) is 12.7 Å². The predicted octanol–water partition coefficient (Wildman–Crippen LogP) is 3.29. The van der Waals surface area contributed by atoms with Crippen LogP contribution in [0.25, 0.3) is 5.76 Å². The summed E-state index contributed by atoms with van der Waals surface area (Å²) in [6.07, 6.45) is 0.659. The Balaban J connectivity index is 1.69. The number of amides is 1. The van der Waals surface area contributed by atoms with Gasteiger partial charge in [0.05, 0.1) is 31.9 Å². The summed E-state index contributed by atoms with van der Waals surface area (Å²) in [5.41, 5.74) is 1.73. The van der Waals surface area contributed by atoms with Crippen molar-refractivity contribution in [2.75, 3.05) is 46.5 Å². The van der Waals surface area contributed by atoms with Crippen LogP contribution in [0.5, 0.6) is 5.75 Å². The van der Waals surface area contributed by atoms with E-state index in [1.807, 2.05) is 0 Å². The maximum atomic E-state index is 13.6. The predicted molar refractivity (Wildman–Crippen MR) is 125 cm³/mol. The Morgan fingerprint density at radius 3 is 2.47 bits per heavy atom. The third-order valence-corrected chi connectivity index (χ3v) is 6.39. The van der Waals surface area contributed by atoms with E-state index in [1.54, 1.807) is 44.4 Å². The summed E-state index contributed by atoms with van der Waals surface area (Å²) in [6.45, 7) is 5.92. The maximum absolute atomic E-state index is 13.6. The topological polar surface area (TPSA) is 79.3 Å². The highest BCUT2D eigenvalue weighted by Crippen LogP contribution is 2.40. The Morgan fingerprint density at radius 1 is 1.12 bits per heavy atom. The van der Waals surface area contributed by atoms with Crippen LogP contribution in [0.3, 0.4) is 0 Å². The fraction of sp³-hybridized carbons (Fsp3) is 0.385. The van der Waals surface area contributed by atoms with Crippen LogP contribution in [0.4, 0.5) is 4.39 Å². The number of carbonyl (C=O) groups is 2. The molecule has 2 heterocycles. The van der Waals surface area contributed by atoms with Gasteiger partial charge in [0.15, 0.2) is 0 Å². The van der Waals surface area contributed by atoms with Crippen LogP contribution in [-0.4, -0.2) is 73.1 Å². The van der Waals surface area contributed by atoms with Crippen molar-refractivity contribution < 1.29 is 28.6 Å². The number of likely N-dealkylation sites (tertiary alicyclic amines) is 1. The molecule has 2 aromatic rings. The van der Waals surface area contributed by atoms with E-state index in [9.17, 15) is 19.1 Å². The van der Waals surface area contributed by atoms with E-state index in [0.717, 1.165) is 19.6 Å². The van der Waals surface area contributed by atoms with Gasteiger partial charge in [-0.2, -0.15) is 0 Å². The van der Waals surface area contributed by atoms with Gasteiger partial charge in [-0.25, -0.2) is 4.39 Å². The lowest BCUT2D eigenvalue weighted by atomic mass is 9.94. The van der Waals surface area contributed by atoms with Gasteiger partial charge in [-0.3, -0.25) is 14.5 Å². The van der Waals surface area contributed by atoms with Crippen molar-refractivity contribution in [1.82, 2.24) is 9.80 Å². The van der Waals surface area contributed by atoms with E-state index in [1.165, 1.54) is 17.0 Å². The summed E-state index contributed by atoms with van der Waals surface area (Å²) in [5.74, 6) is -1.45. The van der Waals surface area contributed by atoms with Crippen molar-refractivity contribution in [3.05, 3.63) is 70.5 Å². The standard InChI is InChI=1S/C26H29FN2O5/c1-17-16-20(33-2)8-9-21(17)24(30)22-23(18-4-6-19(27)7-5-18)29(26(32)25(22)31)11-3-10-28-12-14-34-15-13-28/h4-9,16,23,30H,3,10-15H2,1-2H3/t23-/m0/s1. The molecule has 4 rings (SSSR count). The molecular formula is C26H29FN2O5. The molecule has 0 bridgehead atoms. The number of aliphatic hydroxyl groups excluding tert-OH is 1. The van der Waals surface area contributed by atoms with Crippen molar-refractivity contribution in [3.63, 3.8) is 0 Å². The lowest BCUT2D eigenvalue weighted by Gasteiger charge is -2.29. The van der Waals surface area contributed by atoms with Crippen LogP contribution in [0.1, 0.15) is 29.2 Å². The monoisotopic (exact) mass is 468 g/mol. The van der Waals surface area contributed by atoms with E-state index in [-0.39, 0.29) is 11.3 Å². The lowest BCUT2D eigenvalue weighted by Crippen LogP contribution is -2.38. The lowest BCUT2D eigenvalue weighted by molar-refractivity contribution is -0.140. The number of methoxy groups -OCH3 is 1. The van der Waals surface area contributed by atoms with Crippen LogP contribution in [0.2, 0.25) is 0 Å². The number of rotatable bonds is 7. The molecule has 0 radical (unpaired) electrons. The van der Waals surface area contributed by atoms with Crippen molar-refractivity contribution in [2.24, 2.45) is 0 Å². The molecule has 7 nitrogen and oxygen atoms in total. The molecule has 1 atom stereocenters. The molecule has 0 aliphatic carbocycles. The fourth-order valence-electron chi connectivity index (χ4n) is 4.57. The van der Waals surface area contributed by atoms with E-state index < -0.39 is 23.5 Å². The Morgan fingerprint density at radius 2 is 1.82 bits per heavy atom. The maximum Gasteiger partial charge on any atom is 0.295 e. The molecular weight excluding hydrogens is 439 g/mol. The summed E-state index contributed by atoms with van der Waals surface area (Å²) >= 11 is 0. The number of aryl methyl sites for hydroxylation is 1. The molecule has 1 amide bonds. The minimum atomic E-state index is -0.799. The van der Waals surface area contributed by atoms with Crippen molar-refractivity contribution in [1.29, 1.82) is 0 Å². The van der Waals surface area contributed by atoms with Gasteiger partial charge in [-0.05, 0) is 54.8 Å². The number of morpholine rings is 1. The molecule has 180 valence electrons. The second-order valence-corrected chi connectivity index (χ2v) is 8.53. The number of ketones is 1. The summed E-state index contributed by atoms with van der Waals surface area (Å²) in [7, 11) is 1.55. The Labute approximate surface area is 198 Å².